The van der Waals surface area contributed by atoms with Gasteiger partial charge in [0.1, 0.15) is 11.5 Å². The first-order chi connectivity index (χ1) is 15.0. The lowest BCUT2D eigenvalue weighted by molar-refractivity contribution is -0.274. The van der Waals surface area contributed by atoms with Crippen molar-refractivity contribution in [2.24, 2.45) is 0 Å². The van der Waals surface area contributed by atoms with E-state index in [1.165, 1.54) is 28.8 Å². The van der Waals surface area contributed by atoms with Crippen LogP contribution in [0.15, 0.2) is 42.5 Å². The topological polar surface area (TPSA) is 77.8 Å². The normalized spacial score (nSPS) is 12.6. The predicted octanol–water partition coefficient (Wildman–Crippen LogP) is 5.30. The smallest absolute Gasteiger partial charge is 0.508 e. The second-order valence-corrected chi connectivity index (χ2v) is 7.30. The highest BCUT2D eigenvalue weighted by Gasteiger charge is 2.31. The summed E-state index contributed by atoms with van der Waals surface area (Å²) in [5, 5.41) is 10.5. The van der Waals surface area contributed by atoms with Crippen molar-refractivity contribution in [2.75, 3.05) is 6.61 Å². The lowest BCUT2D eigenvalue weighted by atomic mass is 9.98. The molecule has 1 N–H and O–H groups in total. The van der Waals surface area contributed by atoms with E-state index in [9.17, 15) is 27.9 Å². The Labute approximate surface area is 182 Å². The first-order valence-electron chi connectivity index (χ1n) is 9.94. The van der Waals surface area contributed by atoms with Crippen LogP contribution in [0.1, 0.15) is 47.8 Å². The average Bonchev–Trinajstić information content (AvgIpc) is 3.01. The molecule has 0 aliphatic carbocycles. The maximum absolute atomic E-state index is 13.3. The molecule has 1 unspecified atom stereocenters. The summed E-state index contributed by atoms with van der Waals surface area (Å²) < 4.78 is 47.6. The Hall–Kier alpha value is -3.49. The van der Waals surface area contributed by atoms with Crippen molar-refractivity contribution < 1.29 is 37.3 Å². The molecule has 0 aliphatic rings. The highest BCUT2D eigenvalue weighted by molar-refractivity contribution is 6.05. The molecule has 0 bridgehead atoms. The number of hydrogen-bond acceptors (Lipinski definition) is 5. The number of esters is 1. The summed E-state index contributed by atoms with van der Waals surface area (Å²) in [5.74, 6) is -2.15. The number of ether oxygens (including phenoxy) is 2. The molecule has 0 amide bonds. The Morgan fingerprint density at radius 3 is 2.38 bits per heavy atom. The molecule has 0 saturated heterocycles. The zero-order chi connectivity index (χ0) is 23.6. The number of hydrogen-bond donors (Lipinski definition) is 1. The second kappa shape index (κ2) is 8.94. The third-order valence-electron chi connectivity index (χ3n) is 5.01. The molecule has 0 fully saturated rings. The summed E-state index contributed by atoms with van der Waals surface area (Å²) in [6.07, 6.45) is -4.18. The van der Waals surface area contributed by atoms with Gasteiger partial charge in [-0.2, -0.15) is 0 Å². The maximum Gasteiger partial charge on any atom is 0.573 e. The van der Waals surface area contributed by atoms with Gasteiger partial charge in [-0.15, -0.1) is 13.2 Å². The van der Waals surface area contributed by atoms with Gasteiger partial charge in [0, 0.05) is 16.6 Å². The van der Waals surface area contributed by atoms with E-state index >= 15 is 0 Å². The molecular formula is C23H22F3NO5. The maximum atomic E-state index is 13.3. The fourth-order valence-corrected chi connectivity index (χ4v) is 3.61. The molecular weight excluding hydrogens is 427 g/mol. The van der Waals surface area contributed by atoms with Crippen LogP contribution in [-0.2, 0) is 9.53 Å². The van der Waals surface area contributed by atoms with Crippen LogP contribution in [-0.4, -0.2) is 34.5 Å². The van der Waals surface area contributed by atoms with Crippen molar-refractivity contribution in [1.29, 1.82) is 0 Å². The van der Waals surface area contributed by atoms with Crippen molar-refractivity contribution in [2.45, 2.75) is 39.5 Å². The van der Waals surface area contributed by atoms with Crippen molar-refractivity contribution in [1.82, 2.24) is 4.57 Å². The van der Waals surface area contributed by atoms with Crippen molar-refractivity contribution in [3.63, 3.8) is 0 Å². The molecule has 3 aromatic rings. The molecule has 0 spiro atoms. The highest BCUT2D eigenvalue weighted by atomic mass is 19.4. The van der Waals surface area contributed by atoms with Crippen LogP contribution in [0.4, 0.5) is 13.2 Å². The fourth-order valence-electron chi connectivity index (χ4n) is 3.61. The van der Waals surface area contributed by atoms with E-state index in [1.54, 1.807) is 19.9 Å². The molecule has 9 heteroatoms. The summed E-state index contributed by atoms with van der Waals surface area (Å²) >= 11 is 0. The van der Waals surface area contributed by atoms with E-state index in [0.29, 0.717) is 28.6 Å². The Morgan fingerprint density at radius 1 is 1.12 bits per heavy atom. The number of aromatic hydroxyl groups is 1. The van der Waals surface area contributed by atoms with Gasteiger partial charge in [0.15, 0.2) is 0 Å². The number of nitrogens with zero attached hydrogens (tertiary/aromatic N) is 1. The summed E-state index contributed by atoms with van der Waals surface area (Å²) in [7, 11) is 0. The Morgan fingerprint density at radius 2 is 1.78 bits per heavy atom. The van der Waals surface area contributed by atoms with Crippen molar-refractivity contribution >= 4 is 22.8 Å². The van der Waals surface area contributed by atoms with Gasteiger partial charge >= 0.3 is 12.3 Å². The molecule has 6 nitrogen and oxygen atoms in total. The van der Waals surface area contributed by atoms with E-state index in [2.05, 4.69) is 4.74 Å². The van der Waals surface area contributed by atoms with E-state index in [-0.39, 0.29) is 17.9 Å². The zero-order valence-electron chi connectivity index (χ0n) is 17.7. The fraction of sp³-hybridized carbons (Fsp3) is 0.304. The lowest BCUT2D eigenvalue weighted by Crippen LogP contribution is -2.18. The van der Waals surface area contributed by atoms with Crippen LogP contribution in [0.5, 0.6) is 11.5 Å². The molecule has 3 rings (SSSR count). The standard InChI is InChI=1S/C23H22F3NO5/c1-4-11-31-22(30)13(2)20-14(3)27(19-10-7-16(28)12-18(19)20)21(29)15-5-8-17(9-6-15)32-23(24,25)26/h5-10,12-13,28H,4,11H2,1-3H3. The monoisotopic (exact) mass is 449 g/mol. The number of carbonyl (C=O) groups is 2. The van der Waals surface area contributed by atoms with E-state index in [0.717, 1.165) is 12.1 Å². The van der Waals surface area contributed by atoms with Crippen LogP contribution in [0, 0.1) is 6.92 Å². The van der Waals surface area contributed by atoms with E-state index in [4.69, 9.17) is 4.74 Å². The number of phenols is 1. The molecule has 170 valence electrons. The molecule has 2 aromatic carbocycles. The number of fused-ring (bicyclic) bond motifs is 1. The Balaban J connectivity index is 2.06. The highest BCUT2D eigenvalue weighted by Crippen LogP contribution is 2.35. The minimum atomic E-state index is -4.84. The van der Waals surface area contributed by atoms with Crippen LogP contribution in [0.2, 0.25) is 0 Å². The van der Waals surface area contributed by atoms with Gasteiger partial charge in [-0.05, 0) is 68.3 Å². The van der Waals surface area contributed by atoms with Gasteiger partial charge in [0.05, 0.1) is 18.0 Å². The van der Waals surface area contributed by atoms with E-state index < -0.39 is 29.9 Å². The van der Waals surface area contributed by atoms with E-state index in [1.807, 2.05) is 6.92 Å². The summed E-state index contributed by atoms with van der Waals surface area (Å²) in [6, 6.07) is 8.99. The molecule has 1 aromatic heterocycles. The van der Waals surface area contributed by atoms with Crippen LogP contribution >= 0.6 is 0 Å². The summed E-state index contributed by atoms with van der Waals surface area (Å²) in [4.78, 5) is 25.8. The summed E-state index contributed by atoms with van der Waals surface area (Å²) in [5.41, 5.74) is 1.57. The van der Waals surface area contributed by atoms with Gasteiger partial charge in [-0.25, -0.2) is 0 Å². The molecule has 32 heavy (non-hydrogen) atoms. The quantitative estimate of drug-likeness (QED) is 0.517. The number of aromatic nitrogens is 1. The largest absolute Gasteiger partial charge is 0.573 e. The number of alkyl halides is 3. The van der Waals surface area contributed by atoms with Gasteiger partial charge in [0.2, 0.25) is 0 Å². The number of rotatable bonds is 6. The number of halogens is 3. The minimum Gasteiger partial charge on any atom is -0.508 e. The van der Waals surface area contributed by atoms with Crippen LogP contribution in [0.25, 0.3) is 10.9 Å². The van der Waals surface area contributed by atoms with Crippen LogP contribution < -0.4 is 4.74 Å². The average molecular weight is 449 g/mol. The first kappa shape index (κ1) is 23.2. The van der Waals surface area contributed by atoms with Gasteiger partial charge in [0.25, 0.3) is 5.91 Å². The molecule has 0 saturated carbocycles. The predicted molar refractivity (Wildman–Crippen MR) is 111 cm³/mol. The SMILES string of the molecule is CCCOC(=O)C(C)c1c(C)n(C(=O)c2ccc(OC(F)(F)F)cc2)c2ccc(O)cc12. The summed E-state index contributed by atoms with van der Waals surface area (Å²) in [6.45, 7) is 5.45. The number of carbonyl (C=O) groups excluding carboxylic acids is 2. The molecule has 1 atom stereocenters. The van der Waals surface area contributed by atoms with Gasteiger partial charge < -0.3 is 14.6 Å². The third-order valence-corrected chi connectivity index (χ3v) is 5.01. The van der Waals surface area contributed by atoms with Crippen LogP contribution in [0.3, 0.4) is 0 Å². The van der Waals surface area contributed by atoms with Crippen molar-refractivity contribution in [3.8, 4) is 11.5 Å². The number of benzene rings is 2. The van der Waals surface area contributed by atoms with Crippen molar-refractivity contribution in [3.05, 3.63) is 59.3 Å². The second-order valence-electron chi connectivity index (χ2n) is 7.30. The third kappa shape index (κ3) is 4.71. The lowest BCUT2D eigenvalue weighted by Gasteiger charge is -2.13. The molecule has 0 radical (unpaired) electrons. The minimum absolute atomic E-state index is 0.0360. The first-order valence-corrected chi connectivity index (χ1v) is 9.94. The van der Waals surface area contributed by atoms with Gasteiger partial charge in [-0.1, -0.05) is 6.92 Å². The number of phenolic OH excluding ortho intramolecular Hbond substituents is 1. The Kier molecular flexibility index (Phi) is 6.47. The zero-order valence-corrected chi connectivity index (χ0v) is 17.7. The Bertz CT molecular complexity index is 1150. The van der Waals surface area contributed by atoms with Gasteiger partial charge in [-0.3, -0.25) is 14.2 Å². The molecule has 1 heterocycles. The molecule has 0 aliphatic heterocycles.